The minimum Gasteiger partial charge on any atom is -0.760 e. The van der Waals surface area contributed by atoms with Crippen LogP contribution in [0.15, 0.2) is 17.1 Å². The average molecular weight is 101 g/mol. The molecular formula is C3H5N2O2-. The first-order chi connectivity index (χ1) is 3.35. The van der Waals surface area contributed by atoms with E-state index in [0.29, 0.717) is 0 Å². The van der Waals surface area contributed by atoms with Crippen LogP contribution in [0.4, 0.5) is 0 Å². The van der Waals surface area contributed by atoms with E-state index in [2.05, 4.69) is 5.18 Å². The standard InChI is InChI=1S/C3H5N2O2/c1-2-3(4-6)5-7/h2,4H,1H3/q-1/b3-2-. The zero-order valence-electron chi connectivity index (χ0n) is 3.84. The van der Waals surface area contributed by atoms with E-state index in [-0.39, 0.29) is 5.82 Å². The van der Waals surface area contributed by atoms with E-state index in [1.165, 1.54) is 11.6 Å². The monoisotopic (exact) mass is 101 g/mol. The first-order valence-electron chi connectivity index (χ1n) is 1.73. The number of rotatable bonds is 2. The molecule has 0 aromatic heterocycles. The van der Waals surface area contributed by atoms with E-state index < -0.39 is 0 Å². The molecule has 0 fully saturated rings. The third kappa shape index (κ3) is 1.88. The van der Waals surface area contributed by atoms with Gasteiger partial charge in [-0.2, -0.15) is 0 Å². The fraction of sp³-hybridized carbons (Fsp3) is 0.333. The van der Waals surface area contributed by atoms with E-state index in [9.17, 15) is 10.1 Å². The number of hydroxylamine groups is 1. The summed E-state index contributed by atoms with van der Waals surface area (Å²) in [6.07, 6.45) is 1.29. The van der Waals surface area contributed by atoms with Crippen LogP contribution in [0.2, 0.25) is 0 Å². The molecule has 0 saturated heterocycles. The molecule has 4 nitrogen and oxygen atoms in total. The highest BCUT2D eigenvalue weighted by molar-refractivity contribution is 4.94. The Morgan fingerprint density at radius 1 is 2.00 bits per heavy atom. The minimum absolute atomic E-state index is 0.181. The summed E-state index contributed by atoms with van der Waals surface area (Å²) < 4.78 is 0. The molecule has 0 amide bonds. The summed E-state index contributed by atoms with van der Waals surface area (Å²) in [7, 11) is 0. The molecule has 0 unspecified atom stereocenters. The summed E-state index contributed by atoms with van der Waals surface area (Å²) in [5.41, 5.74) is 1.33. The third-order valence-electron chi connectivity index (χ3n) is 0.476. The molecule has 0 bridgehead atoms. The van der Waals surface area contributed by atoms with Crippen molar-refractivity contribution in [3.05, 3.63) is 22.0 Å². The molecule has 4 heteroatoms. The molecule has 0 saturated carbocycles. The van der Waals surface area contributed by atoms with Gasteiger partial charge in [-0.1, -0.05) is 0 Å². The van der Waals surface area contributed by atoms with Crippen LogP contribution in [0.5, 0.6) is 0 Å². The van der Waals surface area contributed by atoms with E-state index in [4.69, 9.17) is 0 Å². The second kappa shape index (κ2) is 3.30. The van der Waals surface area contributed by atoms with Gasteiger partial charge in [0.15, 0.2) is 5.82 Å². The van der Waals surface area contributed by atoms with Crippen LogP contribution < -0.4 is 5.48 Å². The van der Waals surface area contributed by atoms with Crippen molar-refractivity contribution in [2.75, 3.05) is 0 Å². The highest BCUT2D eigenvalue weighted by atomic mass is 16.5. The summed E-state index contributed by atoms with van der Waals surface area (Å²) in [4.78, 5) is 9.39. The van der Waals surface area contributed by atoms with Crippen molar-refractivity contribution in [2.24, 2.45) is 5.18 Å². The lowest BCUT2D eigenvalue weighted by Gasteiger charge is -2.02. The molecule has 0 atom stereocenters. The van der Waals surface area contributed by atoms with Gasteiger partial charge in [0.05, 0.1) is 0 Å². The lowest BCUT2D eigenvalue weighted by atomic mass is 10.6. The normalized spacial score (nSPS) is 10.9. The summed E-state index contributed by atoms with van der Waals surface area (Å²) in [6, 6.07) is 0. The Morgan fingerprint density at radius 2 is 2.57 bits per heavy atom. The fourth-order valence-electron chi connectivity index (χ4n) is 0.130. The largest absolute Gasteiger partial charge is 0.760 e. The maximum Gasteiger partial charge on any atom is 0.155 e. The topological polar surface area (TPSA) is 64.5 Å². The van der Waals surface area contributed by atoms with Crippen LogP contribution in [0.25, 0.3) is 0 Å². The second-order valence-corrected chi connectivity index (χ2v) is 0.867. The zero-order valence-corrected chi connectivity index (χ0v) is 3.84. The molecular weight excluding hydrogens is 96.0 g/mol. The van der Waals surface area contributed by atoms with Crippen molar-refractivity contribution in [3.8, 4) is 0 Å². The van der Waals surface area contributed by atoms with Crippen LogP contribution in [0, 0.1) is 10.1 Å². The molecule has 0 radical (unpaired) electrons. The van der Waals surface area contributed by atoms with E-state index in [0.717, 1.165) is 0 Å². The van der Waals surface area contributed by atoms with Crippen LogP contribution in [0.3, 0.4) is 0 Å². The second-order valence-electron chi connectivity index (χ2n) is 0.867. The Bertz CT molecular complexity index is 88.9. The number of nitrogens with zero attached hydrogens (tertiary/aromatic N) is 1. The van der Waals surface area contributed by atoms with E-state index >= 15 is 0 Å². The van der Waals surface area contributed by atoms with Crippen LogP contribution in [0.1, 0.15) is 6.92 Å². The SMILES string of the molecule is C/C=C(\N=O)N[O-]. The van der Waals surface area contributed by atoms with E-state index in [1.54, 1.807) is 6.92 Å². The lowest BCUT2D eigenvalue weighted by Crippen LogP contribution is -1.97. The van der Waals surface area contributed by atoms with Gasteiger partial charge in [0.25, 0.3) is 0 Å². The smallest absolute Gasteiger partial charge is 0.155 e. The van der Waals surface area contributed by atoms with Crippen LogP contribution in [-0.2, 0) is 0 Å². The number of hydrogen-bond donors (Lipinski definition) is 1. The summed E-state index contributed by atoms with van der Waals surface area (Å²) in [5.74, 6) is -0.181. The van der Waals surface area contributed by atoms with Crippen molar-refractivity contribution >= 4 is 0 Å². The van der Waals surface area contributed by atoms with Crippen molar-refractivity contribution in [2.45, 2.75) is 6.92 Å². The first-order valence-corrected chi connectivity index (χ1v) is 1.73. The van der Waals surface area contributed by atoms with Gasteiger partial charge in [-0.15, -0.1) is 4.91 Å². The first kappa shape index (κ1) is 6.10. The third-order valence-corrected chi connectivity index (χ3v) is 0.476. The molecule has 40 valence electrons. The Morgan fingerprint density at radius 3 is 2.57 bits per heavy atom. The lowest BCUT2D eigenvalue weighted by molar-refractivity contribution is 1.02. The highest BCUT2D eigenvalue weighted by Gasteiger charge is 1.77. The fourth-order valence-corrected chi connectivity index (χ4v) is 0.130. The molecule has 0 aliphatic heterocycles. The zero-order chi connectivity index (χ0) is 5.70. The molecule has 0 heterocycles. The maximum atomic E-state index is 9.48. The molecule has 1 N–H and O–H groups in total. The van der Waals surface area contributed by atoms with Crippen molar-refractivity contribution in [3.63, 3.8) is 0 Å². The molecule has 0 rings (SSSR count). The van der Waals surface area contributed by atoms with Gasteiger partial charge >= 0.3 is 0 Å². The van der Waals surface area contributed by atoms with Crippen molar-refractivity contribution in [1.29, 1.82) is 0 Å². The average Bonchev–Trinajstić information content (AvgIpc) is 1.72. The van der Waals surface area contributed by atoms with Crippen LogP contribution >= 0.6 is 0 Å². The number of nitrogens with one attached hydrogen (secondary N) is 1. The van der Waals surface area contributed by atoms with Crippen LogP contribution in [-0.4, -0.2) is 0 Å². The Labute approximate surface area is 40.8 Å². The maximum absolute atomic E-state index is 9.48. The quantitative estimate of drug-likeness (QED) is 0.411. The molecule has 7 heavy (non-hydrogen) atoms. The van der Waals surface area contributed by atoms with Gasteiger partial charge in [0.1, 0.15) is 0 Å². The summed E-state index contributed by atoms with van der Waals surface area (Å²) >= 11 is 0. The number of allylic oxidation sites excluding steroid dienone is 1. The van der Waals surface area contributed by atoms with Gasteiger partial charge in [-0.25, -0.2) is 0 Å². The Kier molecular flexibility index (Phi) is 2.87. The molecule has 0 spiro atoms. The van der Waals surface area contributed by atoms with Gasteiger partial charge in [-0.3, -0.25) is 0 Å². The summed E-state index contributed by atoms with van der Waals surface area (Å²) in [5, 5.41) is 11.8. The molecule has 0 aliphatic rings. The minimum atomic E-state index is -0.181. The predicted molar refractivity (Wildman–Crippen MR) is 26.1 cm³/mol. The summed E-state index contributed by atoms with van der Waals surface area (Å²) in [6.45, 7) is 1.54. The van der Waals surface area contributed by atoms with Gasteiger partial charge in [0.2, 0.25) is 0 Å². The molecule has 0 aliphatic carbocycles. The Hall–Kier alpha value is -0.900. The van der Waals surface area contributed by atoms with E-state index in [1.807, 2.05) is 0 Å². The van der Waals surface area contributed by atoms with Gasteiger partial charge in [0, 0.05) is 0 Å². The van der Waals surface area contributed by atoms with Gasteiger partial charge < -0.3 is 10.7 Å². The van der Waals surface area contributed by atoms with Crippen molar-refractivity contribution < 1.29 is 0 Å². The van der Waals surface area contributed by atoms with Crippen molar-refractivity contribution in [1.82, 2.24) is 5.48 Å². The number of nitroso groups, excluding NO2 is 1. The van der Waals surface area contributed by atoms with Gasteiger partial charge in [-0.05, 0) is 18.2 Å². The number of hydrogen-bond acceptors (Lipinski definition) is 4. The predicted octanol–water partition coefficient (Wildman–Crippen LogP) is 0.702. The Balaban J connectivity index is 3.60. The highest BCUT2D eigenvalue weighted by Crippen LogP contribution is 1.84. The molecule has 0 aromatic carbocycles. The molecule has 0 aromatic rings.